The number of aliphatic carboxylic acids is 1. The van der Waals surface area contributed by atoms with Crippen molar-refractivity contribution in [3.8, 4) is 5.75 Å². The van der Waals surface area contributed by atoms with E-state index in [0.29, 0.717) is 24.8 Å². The maximum atomic E-state index is 13.7. The molecule has 9 atom stereocenters. The highest BCUT2D eigenvalue weighted by Gasteiger charge is 2.40. The molecule has 11 N–H and O–H groups in total. The number of carbonyl (C=O) groups is 9. The van der Waals surface area contributed by atoms with Gasteiger partial charge in [0.1, 0.15) is 48.0 Å². The van der Waals surface area contributed by atoms with E-state index in [9.17, 15) is 58.5 Å². The fraction of sp³-hybridized carbons (Fsp3) is 0.659. The number of phenols is 1. The molecule has 1 aromatic carbocycles. The molecule has 21 nitrogen and oxygen atoms in total. The zero-order valence-electron chi connectivity index (χ0n) is 38.6. The first-order chi connectivity index (χ1) is 30.4. The molecular weight excluding hydrogens is 847 g/mol. The monoisotopic (exact) mass is 916 g/mol. The molecule has 65 heavy (non-hydrogen) atoms. The summed E-state index contributed by atoms with van der Waals surface area (Å²) in [5.74, 6) is -7.57. The maximum Gasteiger partial charge on any atom is 0.326 e. The molecule has 0 unspecified atom stereocenters. The summed E-state index contributed by atoms with van der Waals surface area (Å²) in [6.07, 6.45) is 0.455. The van der Waals surface area contributed by atoms with Crippen LogP contribution < -0.4 is 37.6 Å². The number of hydrogen-bond acceptors (Lipinski definition) is 12. The van der Waals surface area contributed by atoms with Crippen LogP contribution >= 0.6 is 0 Å². The predicted octanol–water partition coefficient (Wildman–Crippen LogP) is -1.37. The van der Waals surface area contributed by atoms with Crippen LogP contribution in [0.3, 0.4) is 0 Å². The summed E-state index contributed by atoms with van der Waals surface area (Å²) in [5.41, 5.74) is 6.85. The number of aliphatic hydroxyl groups excluding tert-OH is 1. The van der Waals surface area contributed by atoms with Gasteiger partial charge in [-0.15, -0.1) is 0 Å². The minimum atomic E-state index is -1.54. The van der Waals surface area contributed by atoms with Gasteiger partial charge in [0.25, 0.3) is 0 Å². The minimum absolute atomic E-state index is 0.0173. The highest BCUT2D eigenvalue weighted by molar-refractivity contribution is 5.98. The molecule has 2 aliphatic rings. The molecule has 3 rings (SSSR count). The van der Waals surface area contributed by atoms with Gasteiger partial charge in [-0.2, -0.15) is 0 Å². The Bertz CT molecular complexity index is 1870. The lowest BCUT2D eigenvalue weighted by molar-refractivity contribution is -0.144. The summed E-state index contributed by atoms with van der Waals surface area (Å²) < 4.78 is 0. The first kappa shape index (κ1) is 53.5. The Labute approximate surface area is 379 Å². The second-order valence-corrected chi connectivity index (χ2v) is 18.1. The van der Waals surface area contributed by atoms with Crippen molar-refractivity contribution in [3.05, 3.63) is 29.8 Å². The molecule has 2 heterocycles. The molecule has 0 aromatic heterocycles. The zero-order chi connectivity index (χ0) is 48.9. The Balaban J connectivity index is 1.59. The molecule has 362 valence electrons. The van der Waals surface area contributed by atoms with E-state index in [0.717, 1.165) is 0 Å². The normalized spacial score (nSPS) is 19.3. The van der Waals surface area contributed by atoms with Crippen molar-refractivity contribution >= 4 is 53.2 Å². The average Bonchev–Trinajstić information content (AvgIpc) is 3.93. The van der Waals surface area contributed by atoms with Gasteiger partial charge in [0.15, 0.2) is 0 Å². The van der Waals surface area contributed by atoms with Gasteiger partial charge in [-0.3, -0.25) is 38.4 Å². The third-order valence-corrected chi connectivity index (χ3v) is 11.5. The highest BCUT2D eigenvalue weighted by atomic mass is 16.4. The molecule has 0 radical (unpaired) electrons. The van der Waals surface area contributed by atoms with E-state index in [2.05, 4.69) is 31.9 Å². The molecule has 2 aliphatic heterocycles. The van der Waals surface area contributed by atoms with Gasteiger partial charge in [0.2, 0.25) is 47.3 Å². The largest absolute Gasteiger partial charge is 0.508 e. The number of hydrogen-bond donors (Lipinski definition) is 10. The van der Waals surface area contributed by atoms with Gasteiger partial charge in [-0.05, 0) is 87.8 Å². The molecule has 0 bridgehead atoms. The lowest BCUT2D eigenvalue weighted by Gasteiger charge is -2.30. The van der Waals surface area contributed by atoms with Crippen LogP contribution in [0.25, 0.3) is 0 Å². The molecule has 0 aliphatic carbocycles. The van der Waals surface area contributed by atoms with Gasteiger partial charge < -0.3 is 62.8 Å². The second-order valence-electron chi connectivity index (χ2n) is 18.1. The number of nitrogens with two attached hydrogens (primary N) is 1. The van der Waals surface area contributed by atoms with E-state index in [1.54, 1.807) is 39.8 Å². The first-order valence-corrected chi connectivity index (χ1v) is 22.3. The molecule has 1 aromatic rings. The number of phenolic OH excluding ortho intramolecular Hbond substituents is 1. The Morgan fingerprint density at radius 1 is 0.677 bits per heavy atom. The summed E-state index contributed by atoms with van der Waals surface area (Å²) in [7, 11) is 0. The van der Waals surface area contributed by atoms with Crippen molar-refractivity contribution in [2.75, 3.05) is 19.6 Å². The molecule has 21 heteroatoms. The standard InChI is InChI=1S/C44H69N9O12/c1-22(2)19-30(48-37(57)29(45)20-27-13-15-28(55)16-14-27)38(58)47-25(7)43(63)53-18-10-11-31(53)39(59)46-21-33(56)52-17-9-12-32(52)40(60)49-34(23(3)4)41(61)51-36(26(8)54)42(62)50-35(24(5)6)44(64)65/h13-16,22-26,29-32,34-36,54-55H,9-12,17-21,45H2,1-8H3,(H,46,59)(H,47,58)(H,48,57)(H,49,60)(H,50,62)(H,51,61)(H,64,65)/t25-,26+,29-,30-,31-,32-,34-,35-,36-/m0/s1. The van der Waals surface area contributed by atoms with E-state index < -0.39 is 126 Å². The number of likely N-dealkylation sites (tertiary alicyclic amines) is 2. The fourth-order valence-corrected chi connectivity index (χ4v) is 7.80. The Kier molecular flexibility index (Phi) is 20.1. The Morgan fingerprint density at radius 3 is 1.75 bits per heavy atom. The van der Waals surface area contributed by atoms with Gasteiger partial charge in [-0.1, -0.05) is 53.7 Å². The quantitative estimate of drug-likeness (QED) is 0.0643. The van der Waals surface area contributed by atoms with Gasteiger partial charge >= 0.3 is 5.97 Å². The summed E-state index contributed by atoms with van der Waals surface area (Å²) >= 11 is 0. The zero-order valence-corrected chi connectivity index (χ0v) is 38.6. The van der Waals surface area contributed by atoms with Crippen LogP contribution in [0.15, 0.2) is 24.3 Å². The third kappa shape index (κ3) is 15.4. The van der Waals surface area contributed by atoms with Crippen LogP contribution in [0.4, 0.5) is 0 Å². The van der Waals surface area contributed by atoms with E-state index in [4.69, 9.17) is 5.73 Å². The van der Waals surface area contributed by atoms with Gasteiger partial charge in [0.05, 0.1) is 18.7 Å². The van der Waals surface area contributed by atoms with E-state index in [-0.39, 0.29) is 44.0 Å². The maximum absolute atomic E-state index is 13.7. The molecule has 8 amide bonds. The molecular formula is C44H69N9O12. The number of aromatic hydroxyl groups is 1. The summed E-state index contributed by atoms with van der Waals surface area (Å²) in [6, 6.07) is -2.86. The number of aliphatic hydroxyl groups is 1. The summed E-state index contributed by atoms with van der Waals surface area (Å²) in [6.45, 7) is 12.8. The topological polar surface area (TPSA) is 319 Å². The first-order valence-electron chi connectivity index (χ1n) is 22.3. The van der Waals surface area contributed by atoms with Crippen LogP contribution in [0.5, 0.6) is 5.75 Å². The molecule has 2 fully saturated rings. The number of carboxylic acids is 1. The van der Waals surface area contributed by atoms with Crippen molar-refractivity contribution in [1.82, 2.24) is 41.7 Å². The van der Waals surface area contributed by atoms with E-state index in [1.165, 1.54) is 35.8 Å². The lowest BCUT2D eigenvalue weighted by Crippen LogP contribution is -2.61. The van der Waals surface area contributed by atoms with Crippen molar-refractivity contribution in [3.63, 3.8) is 0 Å². The number of carbonyl (C=O) groups excluding carboxylic acids is 8. The van der Waals surface area contributed by atoms with Crippen LogP contribution in [0.2, 0.25) is 0 Å². The SMILES string of the molecule is CC(C)C[C@H](NC(=O)[C@@H](N)Cc1ccc(O)cc1)C(=O)N[C@@H](C)C(=O)N1CCC[C@H]1C(=O)NCC(=O)N1CCC[C@H]1C(=O)N[C@H](C(=O)N[C@H](C(=O)N[C@H](C(=O)O)C(C)C)[C@@H](C)O)C(C)C. The van der Waals surface area contributed by atoms with Crippen LogP contribution in [0.1, 0.15) is 93.1 Å². The smallest absolute Gasteiger partial charge is 0.326 e. The molecule has 2 saturated heterocycles. The second kappa shape index (κ2) is 24.5. The van der Waals surface area contributed by atoms with E-state index >= 15 is 0 Å². The van der Waals surface area contributed by atoms with Crippen molar-refractivity contribution < 1.29 is 58.5 Å². The van der Waals surface area contributed by atoms with Crippen LogP contribution in [-0.2, 0) is 49.6 Å². The summed E-state index contributed by atoms with van der Waals surface area (Å²) in [4.78, 5) is 121. The van der Waals surface area contributed by atoms with Crippen molar-refractivity contribution in [2.24, 2.45) is 23.5 Å². The van der Waals surface area contributed by atoms with Crippen molar-refractivity contribution in [2.45, 2.75) is 148 Å². The average molecular weight is 916 g/mol. The van der Waals surface area contributed by atoms with Crippen LogP contribution in [0, 0.1) is 17.8 Å². The number of carboxylic acid groups (broad SMARTS) is 1. The fourth-order valence-electron chi connectivity index (χ4n) is 7.80. The number of rotatable bonds is 22. The van der Waals surface area contributed by atoms with Gasteiger partial charge in [-0.25, -0.2) is 4.79 Å². The molecule has 0 spiro atoms. The lowest BCUT2D eigenvalue weighted by atomic mass is 10.0. The highest BCUT2D eigenvalue weighted by Crippen LogP contribution is 2.21. The minimum Gasteiger partial charge on any atom is -0.508 e. The summed E-state index contributed by atoms with van der Waals surface area (Å²) in [5, 5.41) is 44.7. The van der Waals surface area contributed by atoms with Crippen LogP contribution in [-0.4, -0.2) is 152 Å². The number of nitrogens with one attached hydrogen (secondary N) is 6. The number of benzene rings is 1. The van der Waals surface area contributed by atoms with E-state index in [1.807, 2.05) is 13.8 Å². The number of amides is 8. The Hall–Kier alpha value is -5.83. The number of nitrogens with zero attached hydrogens (tertiary/aromatic N) is 2. The predicted molar refractivity (Wildman–Crippen MR) is 236 cm³/mol. The molecule has 0 saturated carbocycles. The van der Waals surface area contributed by atoms with Gasteiger partial charge in [0, 0.05) is 13.1 Å². The third-order valence-electron chi connectivity index (χ3n) is 11.5. The van der Waals surface area contributed by atoms with Crippen molar-refractivity contribution in [1.29, 1.82) is 0 Å². The Morgan fingerprint density at radius 2 is 1.22 bits per heavy atom.